The van der Waals surface area contributed by atoms with Gasteiger partial charge in [0.15, 0.2) is 5.69 Å². The summed E-state index contributed by atoms with van der Waals surface area (Å²) in [6.07, 6.45) is 3.69. The van der Waals surface area contributed by atoms with E-state index in [0.29, 0.717) is 25.4 Å². The van der Waals surface area contributed by atoms with E-state index < -0.39 is 0 Å². The first-order valence-corrected chi connectivity index (χ1v) is 12.5. The van der Waals surface area contributed by atoms with E-state index in [4.69, 9.17) is 4.74 Å². The van der Waals surface area contributed by atoms with Gasteiger partial charge in [0.25, 0.3) is 5.91 Å². The molecule has 0 bridgehead atoms. The van der Waals surface area contributed by atoms with Crippen LogP contribution in [0.1, 0.15) is 50.9 Å². The van der Waals surface area contributed by atoms with Gasteiger partial charge in [0, 0.05) is 34.1 Å². The summed E-state index contributed by atoms with van der Waals surface area (Å²) in [5.74, 6) is -0.0174. The number of hydrogen-bond acceptors (Lipinski definition) is 7. The van der Waals surface area contributed by atoms with Gasteiger partial charge in [-0.2, -0.15) is 0 Å². The van der Waals surface area contributed by atoms with Crippen LogP contribution in [-0.4, -0.2) is 41.5 Å². The summed E-state index contributed by atoms with van der Waals surface area (Å²) < 4.78 is 5.03. The molecule has 3 aromatic heterocycles. The first-order chi connectivity index (χ1) is 14.7. The summed E-state index contributed by atoms with van der Waals surface area (Å²) in [6, 6.07) is 8.01. The molecule has 0 aromatic carbocycles. The Morgan fingerprint density at radius 3 is 2.60 bits per heavy atom. The van der Waals surface area contributed by atoms with Crippen molar-refractivity contribution in [1.82, 2.24) is 9.88 Å². The van der Waals surface area contributed by atoms with Crippen molar-refractivity contribution in [3.63, 3.8) is 0 Å². The molecule has 30 heavy (non-hydrogen) atoms. The van der Waals surface area contributed by atoms with Crippen molar-refractivity contribution in [2.75, 3.05) is 19.7 Å². The van der Waals surface area contributed by atoms with Gasteiger partial charge in [-0.25, -0.2) is 9.78 Å². The van der Waals surface area contributed by atoms with Gasteiger partial charge in [-0.05, 0) is 48.7 Å². The number of likely N-dealkylation sites (tertiary alicyclic amines) is 1. The van der Waals surface area contributed by atoms with Crippen molar-refractivity contribution in [3.05, 3.63) is 60.9 Å². The Morgan fingerprint density at radius 2 is 1.93 bits per heavy atom. The minimum atomic E-state index is -0.369. The Balaban J connectivity index is 1.44. The van der Waals surface area contributed by atoms with Crippen LogP contribution in [0.4, 0.5) is 0 Å². The summed E-state index contributed by atoms with van der Waals surface area (Å²) in [5.41, 5.74) is 1.14. The maximum absolute atomic E-state index is 13.3. The molecular weight excluding hydrogens is 436 g/mol. The van der Waals surface area contributed by atoms with Crippen LogP contribution in [0.15, 0.2) is 40.4 Å². The fraction of sp³-hybridized carbons (Fsp3) is 0.318. The van der Waals surface area contributed by atoms with E-state index in [0.717, 1.165) is 33.2 Å². The number of piperidine rings is 1. The minimum absolute atomic E-state index is 0.0793. The number of thiazole rings is 1. The molecule has 4 heterocycles. The van der Waals surface area contributed by atoms with Gasteiger partial charge in [-0.1, -0.05) is 12.1 Å². The Kier molecular flexibility index (Phi) is 6.76. The predicted octanol–water partition coefficient (Wildman–Crippen LogP) is 5.39. The summed E-state index contributed by atoms with van der Waals surface area (Å²) in [6.45, 7) is 3.50. The molecule has 156 valence electrons. The molecule has 0 spiro atoms. The van der Waals surface area contributed by atoms with Gasteiger partial charge in [0.1, 0.15) is 0 Å². The highest BCUT2D eigenvalue weighted by atomic mass is 32.1. The summed E-state index contributed by atoms with van der Waals surface area (Å²) >= 11 is 4.72. The van der Waals surface area contributed by atoms with Crippen LogP contribution >= 0.6 is 34.0 Å². The molecule has 8 heteroatoms. The number of nitrogens with zero attached hydrogens (tertiary/aromatic N) is 2. The zero-order chi connectivity index (χ0) is 20.9. The number of aromatic nitrogens is 1. The fourth-order valence-electron chi connectivity index (χ4n) is 3.46. The van der Waals surface area contributed by atoms with Gasteiger partial charge < -0.3 is 9.64 Å². The lowest BCUT2D eigenvalue weighted by Crippen LogP contribution is -2.38. The van der Waals surface area contributed by atoms with Crippen molar-refractivity contribution in [3.8, 4) is 0 Å². The Labute approximate surface area is 187 Å². The number of thiophene rings is 2. The predicted molar refractivity (Wildman–Crippen MR) is 123 cm³/mol. The average molecular weight is 459 g/mol. The van der Waals surface area contributed by atoms with E-state index in [2.05, 4.69) is 4.98 Å². The molecule has 0 N–H and O–H groups in total. The largest absolute Gasteiger partial charge is 0.461 e. The van der Waals surface area contributed by atoms with Gasteiger partial charge in [0.05, 0.1) is 17.2 Å². The van der Waals surface area contributed by atoms with E-state index in [1.54, 1.807) is 35.0 Å². The normalized spacial score (nSPS) is 15.4. The van der Waals surface area contributed by atoms with Crippen LogP contribution in [0.3, 0.4) is 0 Å². The molecule has 0 unspecified atom stereocenters. The number of carbonyl (C=O) groups is 2. The lowest BCUT2D eigenvalue weighted by molar-refractivity contribution is -0.125. The summed E-state index contributed by atoms with van der Waals surface area (Å²) in [4.78, 5) is 33.7. The maximum Gasteiger partial charge on any atom is 0.357 e. The van der Waals surface area contributed by atoms with Gasteiger partial charge in [-0.15, -0.1) is 34.0 Å². The van der Waals surface area contributed by atoms with Gasteiger partial charge >= 0.3 is 5.97 Å². The van der Waals surface area contributed by atoms with Crippen LogP contribution in [0.2, 0.25) is 0 Å². The van der Waals surface area contributed by atoms with Crippen LogP contribution < -0.4 is 0 Å². The zero-order valence-electron chi connectivity index (χ0n) is 16.6. The lowest BCUT2D eigenvalue weighted by atomic mass is 9.96. The summed E-state index contributed by atoms with van der Waals surface area (Å²) in [5, 5.41) is 6.74. The average Bonchev–Trinajstić information content (AvgIpc) is 3.54. The lowest BCUT2D eigenvalue weighted by Gasteiger charge is -2.31. The molecular formula is C22H22N2O3S3. The van der Waals surface area contributed by atoms with Crippen molar-refractivity contribution in [1.29, 1.82) is 0 Å². The molecule has 0 aliphatic carbocycles. The second kappa shape index (κ2) is 9.68. The van der Waals surface area contributed by atoms with Crippen LogP contribution in [0.25, 0.3) is 11.6 Å². The second-order valence-electron chi connectivity index (χ2n) is 6.91. The highest BCUT2D eigenvalue weighted by Crippen LogP contribution is 2.33. The first kappa shape index (κ1) is 21.0. The fourth-order valence-corrected chi connectivity index (χ4v) is 5.81. The van der Waals surface area contributed by atoms with Gasteiger partial charge in [-0.3, -0.25) is 4.79 Å². The molecule has 1 amide bonds. The van der Waals surface area contributed by atoms with E-state index >= 15 is 0 Å². The molecule has 5 nitrogen and oxygen atoms in total. The van der Waals surface area contributed by atoms with Crippen molar-refractivity contribution in [2.24, 2.45) is 0 Å². The molecule has 0 atom stereocenters. The number of rotatable bonds is 6. The van der Waals surface area contributed by atoms with Crippen LogP contribution in [-0.2, 0) is 9.53 Å². The number of ether oxygens (including phenoxy) is 1. The molecule has 3 aromatic rings. The van der Waals surface area contributed by atoms with E-state index in [1.807, 2.05) is 46.0 Å². The summed E-state index contributed by atoms with van der Waals surface area (Å²) in [7, 11) is 0. The Morgan fingerprint density at radius 1 is 1.17 bits per heavy atom. The van der Waals surface area contributed by atoms with E-state index in [9.17, 15) is 9.59 Å². The highest BCUT2D eigenvalue weighted by Gasteiger charge is 2.28. The number of hydrogen-bond donors (Lipinski definition) is 0. The molecule has 1 saturated heterocycles. The molecule has 0 saturated carbocycles. The monoisotopic (exact) mass is 458 g/mol. The van der Waals surface area contributed by atoms with Crippen molar-refractivity contribution < 1.29 is 14.3 Å². The third-order valence-electron chi connectivity index (χ3n) is 4.98. The minimum Gasteiger partial charge on any atom is -0.461 e. The Hall–Kier alpha value is -2.29. The van der Waals surface area contributed by atoms with E-state index in [1.165, 1.54) is 11.3 Å². The van der Waals surface area contributed by atoms with Crippen molar-refractivity contribution in [2.45, 2.75) is 25.7 Å². The SMILES string of the molecule is CCOC(=O)c1csc(C2CCN(C(=O)C(=Cc3cccs3)c3cccs3)CC2)n1. The maximum atomic E-state index is 13.3. The number of carbonyl (C=O) groups excluding carboxylic acids is 2. The third kappa shape index (κ3) is 4.71. The molecule has 4 rings (SSSR count). The molecule has 1 aliphatic rings. The first-order valence-electron chi connectivity index (χ1n) is 9.86. The smallest absolute Gasteiger partial charge is 0.357 e. The van der Waals surface area contributed by atoms with E-state index in [-0.39, 0.29) is 17.8 Å². The van der Waals surface area contributed by atoms with Crippen LogP contribution in [0.5, 0.6) is 0 Å². The van der Waals surface area contributed by atoms with Gasteiger partial charge in [0.2, 0.25) is 0 Å². The van der Waals surface area contributed by atoms with Crippen LogP contribution in [0, 0.1) is 0 Å². The quantitative estimate of drug-likeness (QED) is 0.367. The topological polar surface area (TPSA) is 59.5 Å². The molecule has 0 radical (unpaired) electrons. The number of esters is 1. The Bertz CT molecular complexity index is 1010. The highest BCUT2D eigenvalue weighted by molar-refractivity contribution is 7.12. The number of amides is 1. The second-order valence-corrected chi connectivity index (χ2v) is 9.73. The van der Waals surface area contributed by atoms with Crippen molar-refractivity contribution >= 4 is 57.5 Å². The molecule has 1 aliphatic heterocycles. The molecule has 1 fully saturated rings. The zero-order valence-corrected chi connectivity index (χ0v) is 19.0. The third-order valence-corrected chi connectivity index (χ3v) is 7.71. The standard InChI is InChI=1S/C22H22N2O3S3/c1-2-27-22(26)18-14-30-20(23-18)15-7-9-24(10-8-15)21(25)17(19-6-4-12-29-19)13-16-5-3-11-28-16/h3-6,11-15H,2,7-10H2,1H3.